The monoisotopic (exact) mass is 333 g/mol. The fourth-order valence-electron chi connectivity index (χ4n) is 1.82. The third kappa shape index (κ3) is 4.98. The van der Waals surface area contributed by atoms with Gasteiger partial charge in [-0.1, -0.05) is 19.9 Å². The van der Waals surface area contributed by atoms with E-state index in [1.807, 2.05) is 13.8 Å². The molecule has 0 aliphatic heterocycles. The Balaban J connectivity index is 3.07. The van der Waals surface area contributed by atoms with Crippen LogP contribution < -0.4 is 5.32 Å². The maximum atomic E-state index is 12.3. The molecule has 0 saturated carbocycles. The molecule has 5 nitrogen and oxygen atoms in total. The fourth-order valence-corrected chi connectivity index (χ4v) is 2.60. The SMILES string of the molecule is COCC(NC(=O)c1cc(S(=O)(=O)Cl)ccc1C)C(C)C. The number of aryl methyl sites for hydroxylation is 1. The van der Waals surface area contributed by atoms with E-state index in [0.717, 1.165) is 0 Å². The molecule has 1 atom stereocenters. The summed E-state index contributed by atoms with van der Waals surface area (Å²) in [5.41, 5.74) is 0.968. The van der Waals surface area contributed by atoms with E-state index < -0.39 is 9.05 Å². The number of hydrogen-bond acceptors (Lipinski definition) is 4. The zero-order valence-corrected chi connectivity index (χ0v) is 14.1. The second-order valence-corrected chi connectivity index (χ2v) is 7.76. The molecule has 118 valence electrons. The second kappa shape index (κ2) is 7.24. The third-order valence-electron chi connectivity index (χ3n) is 3.20. The lowest BCUT2D eigenvalue weighted by Crippen LogP contribution is -2.41. The maximum absolute atomic E-state index is 12.3. The summed E-state index contributed by atoms with van der Waals surface area (Å²) in [6, 6.07) is 4.07. The standard InChI is InChI=1S/C14H20ClNO4S/c1-9(2)13(8-20-4)16-14(17)12-7-11(21(15,18)19)6-5-10(12)3/h5-7,9,13H,8H2,1-4H3,(H,16,17). The summed E-state index contributed by atoms with van der Waals surface area (Å²) in [5, 5.41) is 2.85. The summed E-state index contributed by atoms with van der Waals surface area (Å²) in [4.78, 5) is 12.2. The number of rotatable bonds is 6. The molecule has 0 saturated heterocycles. The van der Waals surface area contributed by atoms with Crippen LogP contribution >= 0.6 is 10.7 Å². The Kier molecular flexibility index (Phi) is 6.19. The maximum Gasteiger partial charge on any atom is 0.261 e. The number of carbonyl (C=O) groups is 1. The van der Waals surface area contributed by atoms with Crippen molar-refractivity contribution in [1.29, 1.82) is 0 Å². The predicted octanol–water partition coefficient (Wildman–Crippen LogP) is 2.32. The van der Waals surface area contributed by atoms with Gasteiger partial charge in [-0.05, 0) is 30.5 Å². The van der Waals surface area contributed by atoms with E-state index in [2.05, 4.69) is 5.32 Å². The quantitative estimate of drug-likeness (QED) is 0.811. The Morgan fingerprint density at radius 1 is 1.38 bits per heavy atom. The van der Waals surface area contributed by atoms with Crippen molar-refractivity contribution in [3.63, 3.8) is 0 Å². The van der Waals surface area contributed by atoms with Crippen LogP contribution in [0.5, 0.6) is 0 Å². The Bertz CT molecular complexity index is 613. The van der Waals surface area contributed by atoms with E-state index >= 15 is 0 Å². The van der Waals surface area contributed by atoms with E-state index in [-0.39, 0.29) is 22.8 Å². The molecule has 0 aliphatic rings. The lowest BCUT2D eigenvalue weighted by molar-refractivity contribution is 0.0866. The number of amides is 1. The summed E-state index contributed by atoms with van der Waals surface area (Å²) in [7, 11) is 3.01. The topological polar surface area (TPSA) is 72.5 Å². The molecule has 1 aromatic carbocycles. The van der Waals surface area contributed by atoms with Crippen LogP contribution in [0, 0.1) is 12.8 Å². The van der Waals surface area contributed by atoms with E-state index in [0.29, 0.717) is 17.7 Å². The van der Waals surface area contributed by atoms with Crippen molar-refractivity contribution in [2.45, 2.75) is 31.7 Å². The molecule has 0 aliphatic carbocycles. The second-order valence-electron chi connectivity index (χ2n) is 5.19. The molecule has 1 aromatic rings. The summed E-state index contributed by atoms with van der Waals surface area (Å²) in [5.74, 6) is -0.153. The van der Waals surface area contributed by atoms with Crippen molar-refractivity contribution >= 4 is 25.6 Å². The molecule has 1 amide bonds. The molecule has 7 heteroatoms. The first-order valence-corrected chi connectivity index (χ1v) is 8.83. The minimum Gasteiger partial charge on any atom is -0.383 e. The average Bonchev–Trinajstić information content (AvgIpc) is 2.36. The van der Waals surface area contributed by atoms with Crippen molar-refractivity contribution in [1.82, 2.24) is 5.32 Å². The molecular weight excluding hydrogens is 314 g/mol. The zero-order valence-electron chi connectivity index (χ0n) is 12.5. The van der Waals surface area contributed by atoms with Gasteiger partial charge in [0.1, 0.15) is 0 Å². The average molecular weight is 334 g/mol. The van der Waals surface area contributed by atoms with Gasteiger partial charge in [0, 0.05) is 23.4 Å². The van der Waals surface area contributed by atoms with Crippen LogP contribution in [0.1, 0.15) is 29.8 Å². The fraction of sp³-hybridized carbons (Fsp3) is 0.500. The minimum absolute atomic E-state index is 0.0900. The summed E-state index contributed by atoms with van der Waals surface area (Å²) >= 11 is 0. The summed E-state index contributed by atoms with van der Waals surface area (Å²) < 4.78 is 27.8. The number of nitrogens with one attached hydrogen (secondary N) is 1. The highest BCUT2D eigenvalue weighted by molar-refractivity contribution is 8.13. The Morgan fingerprint density at radius 2 is 2.00 bits per heavy atom. The van der Waals surface area contributed by atoms with Crippen LogP contribution in [0.25, 0.3) is 0 Å². The highest BCUT2D eigenvalue weighted by Gasteiger charge is 2.20. The third-order valence-corrected chi connectivity index (χ3v) is 4.55. The van der Waals surface area contributed by atoms with Crippen molar-refractivity contribution in [2.75, 3.05) is 13.7 Å². The van der Waals surface area contributed by atoms with Gasteiger partial charge in [-0.15, -0.1) is 0 Å². The molecule has 0 bridgehead atoms. The van der Waals surface area contributed by atoms with E-state index in [4.69, 9.17) is 15.4 Å². The van der Waals surface area contributed by atoms with Gasteiger partial charge in [0.25, 0.3) is 15.0 Å². The minimum atomic E-state index is -3.86. The number of carbonyl (C=O) groups excluding carboxylic acids is 1. The van der Waals surface area contributed by atoms with E-state index in [9.17, 15) is 13.2 Å². The van der Waals surface area contributed by atoms with Gasteiger partial charge >= 0.3 is 0 Å². The molecule has 0 fully saturated rings. The molecule has 21 heavy (non-hydrogen) atoms. The smallest absolute Gasteiger partial charge is 0.261 e. The Hall–Kier alpha value is -1.11. The number of ether oxygens (including phenoxy) is 1. The van der Waals surface area contributed by atoms with Crippen LogP contribution in [0.3, 0.4) is 0 Å². The zero-order chi connectivity index (χ0) is 16.2. The lowest BCUT2D eigenvalue weighted by Gasteiger charge is -2.22. The van der Waals surface area contributed by atoms with Crippen molar-refractivity contribution in [3.8, 4) is 0 Å². The molecule has 0 radical (unpaired) electrons. The van der Waals surface area contributed by atoms with Gasteiger partial charge in [0.2, 0.25) is 0 Å². The van der Waals surface area contributed by atoms with Crippen molar-refractivity contribution < 1.29 is 17.9 Å². The molecule has 0 heterocycles. The van der Waals surface area contributed by atoms with Crippen LogP contribution in [0.4, 0.5) is 0 Å². The molecule has 0 aromatic heterocycles. The largest absolute Gasteiger partial charge is 0.383 e. The predicted molar refractivity (Wildman–Crippen MR) is 82.2 cm³/mol. The number of methoxy groups -OCH3 is 1. The van der Waals surface area contributed by atoms with E-state index in [1.54, 1.807) is 20.1 Å². The van der Waals surface area contributed by atoms with Crippen LogP contribution in [-0.2, 0) is 13.8 Å². The molecule has 0 spiro atoms. The van der Waals surface area contributed by atoms with Gasteiger partial charge in [-0.3, -0.25) is 4.79 Å². The van der Waals surface area contributed by atoms with Crippen LogP contribution in [0.15, 0.2) is 23.1 Å². The molecule has 1 unspecified atom stereocenters. The van der Waals surface area contributed by atoms with Gasteiger partial charge in [-0.25, -0.2) is 8.42 Å². The first kappa shape index (κ1) is 17.9. The first-order valence-electron chi connectivity index (χ1n) is 6.52. The number of halogens is 1. The van der Waals surface area contributed by atoms with Gasteiger partial charge in [-0.2, -0.15) is 0 Å². The number of benzene rings is 1. The summed E-state index contributed by atoms with van der Waals surface area (Å²) in [6.45, 7) is 6.06. The van der Waals surface area contributed by atoms with E-state index in [1.165, 1.54) is 12.1 Å². The molecule has 1 rings (SSSR count). The lowest BCUT2D eigenvalue weighted by atomic mass is 10.0. The van der Waals surface area contributed by atoms with Crippen LogP contribution in [0.2, 0.25) is 0 Å². The summed E-state index contributed by atoms with van der Waals surface area (Å²) in [6.07, 6.45) is 0. The van der Waals surface area contributed by atoms with Crippen molar-refractivity contribution in [3.05, 3.63) is 29.3 Å². The Labute approximate surface area is 130 Å². The number of hydrogen-bond donors (Lipinski definition) is 1. The van der Waals surface area contributed by atoms with Crippen LogP contribution in [-0.4, -0.2) is 34.1 Å². The van der Waals surface area contributed by atoms with Crippen molar-refractivity contribution in [2.24, 2.45) is 5.92 Å². The van der Waals surface area contributed by atoms with Gasteiger partial charge in [0.05, 0.1) is 17.5 Å². The normalized spacial score (nSPS) is 13.2. The Morgan fingerprint density at radius 3 is 2.48 bits per heavy atom. The molecular formula is C14H20ClNO4S. The van der Waals surface area contributed by atoms with Gasteiger partial charge in [0.15, 0.2) is 0 Å². The highest BCUT2D eigenvalue weighted by atomic mass is 35.7. The van der Waals surface area contributed by atoms with Gasteiger partial charge < -0.3 is 10.1 Å². The highest BCUT2D eigenvalue weighted by Crippen LogP contribution is 2.19. The first-order chi connectivity index (χ1) is 9.66. The molecule has 1 N–H and O–H groups in total.